The minimum absolute atomic E-state index is 0.241. The van der Waals surface area contributed by atoms with Gasteiger partial charge in [0, 0.05) is 0 Å². The van der Waals surface area contributed by atoms with Gasteiger partial charge in [-0.1, -0.05) is 0 Å². The van der Waals surface area contributed by atoms with Crippen LogP contribution in [0.25, 0.3) is 10.2 Å². The minimum atomic E-state index is -0.476. The molecule has 2 N–H and O–H groups in total. The van der Waals surface area contributed by atoms with Crippen molar-refractivity contribution in [2.45, 2.75) is 33.3 Å². The molecule has 0 bridgehead atoms. The third-order valence-electron chi connectivity index (χ3n) is 2.39. The third kappa shape index (κ3) is 2.82. The number of hydrogen-bond acceptors (Lipinski definition) is 5. The molecule has 7 heteroatoms. The van der Waals surface area contributed by atoms with E-state index in [-0.39, 0.29) is 11.5 Å². The van der Waals surface area contributed by atoms with E-state index in [1.54, 1.807) is 6.92 Å². The number of H-pyrrole nitrogens is 1. The highest BCUT2D eigenvalue weighted by atomic mass is 32.1. The first kappa shape index (κ1) is 13.7. The summed E-state index contributed by atoms with van der Waals surface area (Å²) < 4.78 is 0. The van der Waals surface area contributed by atoms with Crippen molar-refractivity contribution in [3.63, 3.8) is 0 Å². The predicted molar refractivity (Wildman–Crippen MR) is 73.3 cm³/mol. The van der Waals surface area contributed by atoms with E-state index < -0.39 is 5.60 Å². The first-order valence-electron chi connectivity index (χ1n) is 5.75. The number of carbonyl (C=O) groups excluding carboxylic acids is 1. The number of nitrogens with one attached hydrogen (secondary N) is 2. The number of hydrogen-bond donors (Lipinski definition) is 2. The van der Waals surface area contributed by atoms with Gasteiger partial charge in [-0.2, -0.15) is 0 Å². The molecule has 2 rings (SSSR count). The summed E-state index contributed by atoms with van der Waals surface area (Å²) in [5, 5.41) is 0.452. The van der Waals surface area contributed by atoms with Gasteiger partial charge in [0.1, 0.15) is 4.83 Å². The zero-order chi connectivity index (χ0) is 14.2. The lowest BCUT2D eigenvalue weighted by Gasteiger charge is -2.18. The first-order valence-corrected chi connectivity index (χ1v) is 6.56. The summed E-state index contributed by atoms with van der Waals surface area (Å²) in [6.07, 6.45) is 1.33. The van der Waals surface area contributed by atoms with Crippen LogP contribution in [0.1, 0.15) is 36.0 Å². The zero-order valence-corrected chi connectivity index (χ0v) is 12.0. The SMILES string of the molecule is Cc1c(C(=O)NOC(C)(C)C)sc2nc[nH]c(=O)c12. The van der Waals surface area contributed by atoms with Gasteiger partial charge >= 0.3 is 0 Å². The Kier molecular flexibility index (Phi) is 3.42. The van der Waals surface area contributed by atoms with E-state index in [2.05, 4.69) is 15.4 Å². The lowest BCUT2D eigenvalue weighted by Crippen LogP contribution is -2.33. The molecule has 19 heavy (non-hydrogen) atoms. The van der Waals surface area contributed by atoms with Crippen molar-refractivity contribution in [3.8, 4) is 0 Å². The molecule has 0 aromatic carbocycles. The van der Waals surface area contributed by atoms with E-state index in [4.69, 9.17) is 4.84 Å². The molecule has 2 heterocycles. The van der Waals surface area contributed by atoms with E-state index in [0.29, 0.717) is 20.7 Å². The van der Waals surface area contributed by atoms with E-state index in [0.717, 1.165) is 0 Å². The summed E-state index contributed by atoms with van der Waals surface area (Å²) in [6.45, 7) is 7.22. The molecule has 1 amide bonds. The Balaban J connectivity index is 2.36. The largest absolute Gasteiger partial charge is 0.313 e. The molecule has 0 atom stereocenters. The molecule has 2 aromatic rings. The van der Waals surface area contributed by atoms with Crippen LogP contribution in [0.2, 0.25) is 0 Å². The van der Waals surface area contributed by atoms with Gasteiger partial charge < -0.3 is 4.98 Å². The van der Waals surface area contributed by atoms with Gasteiger partial charge in [-0.25, -0.2) is 10.5 Å². The Hall–Kier alpha value is -1.73. The second-order valence-electron chi connectivity index (χ2n) is 5.11. The van der Waals surface area contributed by atoms with Gasteiger partial charge in [-0.3, -0.25) is 14.4 Å². The number of aromatic nitrogens is 2. The van der Waals surface area contributed by atoms with E-state index >= 15 is 0 Å². The molecule has 0 saturated heterocycles. The van der Waals surface area contributed by atoms with Crippen LogP contribution < -0.4 is 11.0 Å². The van der Waals surface area contributed by atoms with Crippen molar-refractivity contribution in [2.24, 2.45) is 0 Å². The smallest absolute Gasteiger partial charge is 0.285 e. The average Bonchev–Trinajstić information content (AvgIpc) is 2.64. The Bertz CT molecular complexity index is 682. The highest BCUT2D eigenvalue weighted by Gasteiger charge is 2.20. The number of aromatic amines is 1. The number of carbonyl (C=O) groups is 1. The Labute approximate surface area is 113 Å². The number of fused-ring (bicyclic) bond motifs is 1. The molecule has 0 radical (unpaired) electrons. The molecule has 2 aromatic heterocycles. The fourth-order valence-electron chi connectivity index (χ4n) is 1.54. The van der Waals surface area contributed by atoms with Crippen molar-refractivity contribution in [3.05, 3.63) is 27.1 Å². The van der Waals surface area contributed by atoms with Crippen LogP contribution in [0, 0.1) is 6.92 Å². The quantitative estimate of drug-likeness (QED) is 0.821. The van der Waals surface area contributed by atoms with Gasteiger partial charge in [0.15, 0.2) is 0 Å². The van der Waals surface area contributed by atoms with Gasteiger partial charge in [0.2, 0.25) is 0 Å². The summed E-state index contributed by atoms with van der Waals surface area (Å²) in [6, 6.07) is 0. The van der Waals surface area contributed by atoms with Gasteiger partial charge in [-0.15, -0.1) is 11.3 Å². The molecular formula is C12H15N3O3S. The molecule has 0 fully saturated rings. The number of amides is 1. The van der Waals surface area contributed by atoms with Crippen LogP contribution in [0.15, 0.2) is 11.1 Å². The fourth-order valence-corrected chi connectivity index (χ4v) is 2.58. The maximum absolute atomic E-state index is 12.0. The Morgan fingerprint density at radius 2 is 2.16 bits per heavy atom. The number of thiophene rings is 1. The summed E-state index contributed by atoms with van der Waals surface area (Å²) in [5.74, 6) is -0.366. The minimum Gasteiger partial charge on any atom is -0.313 e. The topological polar surface area (TPSA) is 84.1 Å². The van der Waals surface area contributed by atoms with Crippen LogP contribution in [-0.2, 0) is 4.84 Å². The molecule has 0 spiro atoms. The van der Waals surface area contributed by atoms with E-state index in [1.807, 2.05) is 20.8 Å². The maximum Gasteiger partial charge on any atom is 0.285 e. The predicted octanol–water partition coefficient (Wildman–Crippen LogP) is 1.75. The second kappa shape index (κ2) is 4.75. The van der Waals surface area contributed by atoms with Crippen molar-refractivity contribution in [1.82, 2.24) is 15.4 Å². The van der Waals surface area contributed by atoms with Crippen LogP contribution >= 0.6 is 11.3 Å². The summed E-state index contributed by atoms with van der Waals surface area (Å²) in [5.41, 5.74) is 2.29. The first-order chi connectivity index (χ1) is 8.79. The average molecular weight is 281 g/mol. The highest BCUT2D eigenvalue weighted by molar-refractivity contribution is 7.20. The van der Waals surface area contributed by atoms with Crippen LogP contribution in [0.4, 0.5) is 0 Å². The number of aryl methyl sites for hydroxylation is 1. The van der Waals surface area contributed by atoms with E-state index in [1.165, 1.54) is 17.7 Å². The standard InChI is InChI=1S/C12H15N3O3S/c1-6-7-9(16)13-5-14-11(7)19-8(6)10(17)15-18-12(2,3)4/h5H,1-4H3,(H,15,17)(H,13,14,16). The normalized spacial score (nSPS) is 11.8. The molecule has 0 aliphatic rings. The molecule has 0 aliphatic heterocycles. The Morgan fingerprint density at radius 1 is 1.47 bits per heavy atom. The summed E-state index contributed by atoms with van der Waals surface area (Å²) in [4.78, 5) is 36.5. The van der Waals surface area contributed by atoms with Gasteiger partial charge in [-0.05, 0) is 33.3 Å². The summed E-state index contributed by atoms with van der Waals surface area (Å²) in [7, 11) is 0. The molecule has 0 saturated carbocycles. The third-order valence-corrected chi connectivity index (χ3v) is 3.59. The molecule has 102 valence electrons. The maximum atomic E-state index is 12.0. The van der Waals surface area contributed by atoms with Crippen LogP contribution in [-0.4, -0.2) is 21.5 Å². The lowest BCUT2D eigenvalue weighted by atomic mass is 10.2. The van der Waals surface area contributed by atoms with Gasteiger partial charge in [0.25, 0.3) is 11.5 Å². The highest BCUT2D eigenvalue weighted by Crippen LogP contribution is 2.26. The number of nitrogens with zero attached hydrogens (tertiary/aromatic N) is 1. The van der Waals surface area contributed by atoms with Gasteiger partial charge in [0.05, 0.1) is 22.2 Å². The molecule has 0 aliphatic carbocycles. The number of hydroxylamine groups is 1. The van der Waals surface area contributed by atoms with E-state index in [9.17, 15) is 9.59 Å². The molecule has 6 nitrogen and oxygen atoms in total. The van der Waals surface area contributed by atoms with Crippen molar-refractivity contribution in [2.75, 3.05) is 0 Å². The lowest BCUT2D eigenvalue weighted by molar-refractivity contribution is -0.0588. The van der Waals surface area contributed by atoms with Crippen LogP contribution in [0.5, 0.6) is 0 Å². The van der Waals surface area contributed by atoms with Crippen molar-refractivity contribution < 1.29 is 9.63 Å². The van der Waals surface area contributed by atoms with Crippen molar-refractivity contribution >= 4 is 27.5 Å². The Morgan fingerprint density at radius 3 is 2.74 bits per heavy atom. The number of rotatable bonds is 2. The monoisotopic (exact) mass is 281 g/mol. The molecular weight excluding hydrogens is 266 g/mol. The summed E-state index contributed by atoms with van der Waals surface area (Å²) >= 11 is 1.17. The zero-order valence-electron chi connectivity index (χ0n) is 11.2. The van der Waals surface area contributed by atoms with Crippen LogP contribution in [0.3, 0.4) is 0 Å². The van der Waals surface area contributed by atoms with Crippen molar-refractivity contribution in [1.29, 1.82) is 0 Å². The second-order valence-corrected chi connectivity index (χ2v) is 6.11. The fraction of sp³-hybridized carbons (Fsp3) is 0.417. The molecule has 0 unspecified atom stereocenters.